The van der Waals surface area contributed by atoms with E-state index in [0.717, 1.165) is 42.4 Å². The normalized spacial score (nSPS) is 10.9. The Labute approximate surface area is 185 Å². The Morgan fingerprint density at radius 2 is 1.90 bits per heavy atom. The molecule has 8 heteroatoms. The molecular formula is C22H26N4O2S2. The first kappa shape index (κ1) is 22.2. The predicted molar refractivity (Wildman–Crippen MR) is 123 cm³/mol. The van der Waals surface area contributed by atoms with Gasteiger partial charge >= 0.3 is 0 Å². The SMILES string of the molecule is CCCc1cc(-c2nnc(SCC(=O)Nc3ccc(C(C)=O)cc3)n2CCC)cs1. The lowest BCUT2D eigenvalue weighted by Gasteiger charge is -2.08. The highest BCUT2D eigenvalue weighted by atomic mass is 32.2. The number of carbonyl (C=O) groups excluding carboxylic acids is 2. The van der Waals surface area contributed by atoms with Crippen LogP contribution in [0.3, 0.4) is 0 Å². The Morgan fingerprint density at radius 1 is 1.13 bits per heavy atom. The van der Waals surface area contributed by atoms with Gasteiger partial charge in [-0.2, -0.15) is 0 Å². The molecule has 0 atom stereocenters. The van der Waals surface area contributed by atoms with Gasteiger partial charge in [0.2, 0.25) is 5.91 Å². The van der Waals surface area contributed by atoms with Crippen LogP contribution >= 0.6 is 23.1 Å². The van der Waals surface area contributed by atoms with Crippen LogP contribution in [0, 0.1) is 0 Å². The van der Waals surface area contributed by atoms with Crippen molar-refractivity contribution in [3.05, 3.63) is 46.2 Å². The number of aryl methyl sites for hydroxylation is 1. The summed E-state index contributed by atoms with van der Waals surface area (Å²) >= 11 is 3.14. The first-order chi connectivity index (χ1) is 14.5. The summed E-state index contributed by atoms with van der Waals surface area (Å²) in [5, 5.41) is 14.5. The summed E-state index contributed by atoms with van der Waals surface area (Å²) in [5.41, 5.74) is 2.38. The van der Waals surface area contributed by atoms with E-state index in [-0.39, 0.29) is 17.4 Å². The quantitative estimate of drug-likeness (QED) is 0.340. The standard InChI is InChI=1S/C22H26N4O2S2/c1-4-6-19-12-17(13-29-19)21-24-25-22(26(21)11-5-2)30-14-20(28)23-18-9-7-16(8-10-18)15(3)27/h7-10,12-13H,4-6,11,14H2,1-3H3,(H,23,28). The maximum atomic E-state index is 12.4. The second-order valence-electron chi connectivity index (χ2n) is 6.98. The van der Waals surface area contributed by atoms with Gasteiger partial charge in [-0.15, -0.1) is 21.5 Å². The molecule has 0 radical (unpaired) electrons. The summed E-state index contributed by atoms with van der Waals surface area (Å²) in [6, 6.07) is 9.09. The van der Waals surface area contributed by atoms with Gasteiger partial charge in [0.15, 0.2) is 16.8 Å². The van der Waals surface area contributed by atoms with Crippen LogP contribution in [0.1, 0.15) is 48.8 Å². The number of ketones is 1. The Bertz CT molecular complexity index is 1010. The van der Waals surface area contributed by atoms with Crippen LogP contribution in [-0.2, 0) is 17.8 Å². The molecule has 0 saturated heterocycles. The van der Waals surface area contributed by atoms with E-state index in [1.807, 2.05) is 0 Å². The average molecular weight is 443 g/mol. The van der Waals surface area contributed by atoms with Crippen LogP contribution in [0.2, 0.25) is 0 Å². The summed E-state index contributed by atoms with van der Waals surface area (Å²) < 4.78 is 2.09. The number of Topliss-reactive ketones (excluding diaryl/α,β-unsaturated/α-hetero) is 1. The number of nitrogens with one attached hydrogen (secondary N) is 1. The number of benzene rings is 1. The molecule has 1 amide bonds. The Hall–Kier alpha value is -2.45. The highest BCUT2D eigenvalue weighted by molar-refractivity contribution is 7.99. The van der Waals surface area contributed by atoms with Crippen molar-refractivity contribution in [3.8, 4) is 11.4 Å². The number of amides is 1. The van der Waals surface area contributed by atoms with Gasteiger partial charge in [-0.25, -0.2) is 0 Å². The lowest BCUT2D eigenvalue weighted by atomic mass is 10.1. The lowest BCUT2D eigenvalue weighted by molar-refractivity contribution is -0.113. The van der Waals surface area contributed by atoms with Crippen LogP contribution in [0.25, 0.3) is 11.4 Å². The van der Waals surface area contributed by atoms with Crippen LogP contribution in [0.15, 0.2) is 40.9 Å². The minimum absolute atomic E-state index is 0.00179. The smallest absolute Gasteiger partial charge is 0.234 e. The van der Waals surface area contributed by atoms with Crippen molar-refractivity contribution >= 4 is 40.5 Å². The van der Waals surface area contributed by atoms with Crippen LogP contribution in [-0.4, -0.2) is 32.2 Å². The molecule has 2 heterocycles. The Balaban J connectivity index is 1.66. The van der Waals surface area contributed by atoms with E-state index < -0.39 is 0 Å². The van der Waals surface area contributed by atoms with Gasteiger partial charge < -0.3 is 9.88 Å². The molecule has 6 nitrogen and oxygen atoms in total. The molecule has 158 valence electrons. The molecular weight excluding hydrogens is 416 g/mol. The minimum atomic E-state index is -0.121. The molecule has 0 aliphatic heterocycles. The third kappa shape index (κ3) is 5.58. The molecule has 2 aromatic heterocycles. The topological polar surface area (TPSA) is 76.9 Å². The van der Waals surface area contributed by atoms with E-state index in [2.05, 4.69) is 45.4 Å². The van der Waals surface area contributed by atoms with Crippen molar-refractivity contribution in [1.82, 2.24) is 14.8 Å². The number of nitrogens with zero attached hydrogens (tertiary/aromatic N) is 3. The summed E-state index contributed by atoms with van der Waals surface area (Å²) in [6.45, 7) is 6.62. The summed E-state index contributed by atoms with van der Waals surface area (Å²) in [4.78, 5) is 25.1. The maximum Gasteiger partial charge on any atom is 0.234 e. The van der Waals surface area contributed by atoms with Crippen LogP contribution in [0.5, 0.6) is 0 Å². The molecule has 1 aromatic carbocycles. The molecule has 0 unspecified atom stereocenters. The lowest BCUT2D eigenvalue weighted by Crippen LogP contribution is -2.14. The van der Waals surface area contributed by atoms with Crippen molar-refractivity contribution in [3.63, 3.8) is 0 Å². The molecule has 3 rings (SSSR count). The number of anilines is 1. The van der Waals surface area contributed by atoms with Gasteiger partial charge in [-0.1, -0.05) is 32.0 Å². The van der Waals surface area contributed by atoms with Gasteiger partial charge in [0.05, 0.1) is 5.75 Å². The Kier molecular flexibility index (Phi) is 7.81. The van der Waals surface area contributed by atoms with Crippen molar-refractivity contribution in [1.29, 1.82) is 0 Å². The van der Waals surface area contributed by atoms with Crippen molar-refractivity contribution in [2.75, 3.05) is 11.1 Å². The van der Waals surface area contributed by atoms with Crippen molar-refractivity contribution < 1.29 is 9.59 Å². The zero-order valence-electron chi connectivity index (χ0n) is 17.5. The molecule has 0 aliphatic rings. The first-order valence-electron chi connectivity index (χ1n) is 10.1. The van der Waals surface area contributed by atoms with Crippen molar-refractivity contribution in [2.45, 2.75) is 51.7 Å². The predicted octanol–water partition coefficient (Wildman–Crippen LogP) is 5.30. The fourth-order valence-electron chi connectivity index (χ4n) is 3.03. The zero-order valence-corrected chi connectivity index (χ0v) is 19.1. The number of hydrogen-bond donors (Lipinski definition) is 1. The molecule has 0 aliphatic carbocycles. The van der Waals surface area contributed by atoms with E-state index >= 15 is 0 Å². The van der Waals surface area contributed by atoms with Gasteiger partial charge in [0, 0.05) is 33.6 Å². The van der Waals surface area contributed by atoms with Crippen molar-refractivity contribution in [2.24, 2.45) is 0 Å². The molecule has 0 saturated carbocycles. The third-order valence-electron chi connectivity index (χ3n) is 4.48. The molecule has 30 heavy (non-hydrogen) atoms. The van der Waals surface area contributed by atoms with Gasteiger partial charge in [0.1, 0.15) is 0 Å². The fourth-order valence-corrected chi connectivity index (χ4v) is 4.76. The molecule has 1 N–H and O–H groups in total. The van der Waals surface area contributed by atoms with E-state index in [9.17, 15) is 9.59 Å². The van der Waals surface area contributed by atoms with Gasteiger partial charge in [0.25, 0.3) is 0 Å². The third-order valence-corrected chi connectivity index (χ3v) is 6.44. The number of carbonyl (C=O) groups is 2. The molecule has 0 fully saturated rings. The minimum Gasteiger partial charge on any atom is -0.325 e. The summed E-state index contributed by atoms with van der Waals surface area (Å²) in [6.07, 6.45) is 3.15. The highest BCUT2D eigenvalue weighted by Gasteiger charge is 2.16. The molecule has 3 aromatic rings. The second kappa shape index (κ2) is 10.5. The average Bonchev–Trinajstić information content (AvgIpc) is 3.34. The van der Waals surface area contributed by atoms with E-state index in [1.54, 1.807) is 35.6 Å². The maximum absolute atomic E-state index is 12.4. The second-order valence-corrected chi connectivity index (χ2v) is 8.92. The van der Waals surface area contributed by atoms with E-state index in [1.165, 1.54) is 23.6 Å². The largest absolute Gasteiger partial charge is 0.325 e. The summed E-state index contributed by atoms with van der Waals surface area (Å²) in [7, 11) is 0. The van der Waals surface area contributed by atoms with E-state index in [0.29, 0.717) is 11.3 Å². The number of thioether (sulfide) groups is 1. The zero-order chi connectivity index (χ0) is 21.5. The monoisotopic (exact) mass is 442 g/mol. The summed E-state index contributed by atoms with van der Waals surface area (Å²) in [5.74, 6) is 0.977. The van der Waals surface area contributed by atoms with Gasteiger partial charge in [-0.05, 0) is 50.1 Å². The Morgan fingerprint density at radius 3 is 2.57 bits per heavy atom. The first-order valence-corrected chi connectivity index (χ1v) is 11.9. The fraction of sp³-hybridized carbons (Fsp3) is 0.364. The highest BCUT2D eigenvalue weighted by Crippen LogP contribution is 2.28. The van der Waals surface area contributed by atoms with Crippen LogP contribution in [0.4, 0.5) is 5.69 Å². The van der Waals surface area contributed by atoms with Gasteiger partial charge in [-0.3, -0.25) is 9.59 Å². The number of aromatic nitrogens is 3. The number of thiophene rings is 1. The van der Waals surface area contributed by atoms with E-state index in [4.69, 9.17) is 0 Å². The number of hydrogen-bond acceptors (Lipinski definition) is 6. The van der Waals surface area contributed by atoms with Crippen LogP contribution < -0.4 is 5.32 Å². The molecule has 0 bridgehead atoms. The molecule has 0 spiro atoms. The number of rotatable bonds is 10.